The van der Waals surface area contributed by atoms with Crippen molar-refractivity contribution < 1.29 is 19.1 Å². The minimum atomic E-state index is -1.21. The van der Waals surface area contributed by atoms with E-state index in [9.17, 15) is 14.4 Å². The van der Waals surface area contributed by atoms with Crippen molar-refractivity contribution in [3.8, 4) is 0 Å². The number of carboxylic acid groups (broad SMARTS) is 1. The van der Waals surface area contributed by atoms with Crippen molar-refractivity contribution in [2.45, 2.75) is 6.42 Å². The lowest BCUT2D eigenvalue weighted by Gasteiger charge is -2.02. The minimum absolute atomic E-state index is 0.329. The summed E-state index contributed by atoms with van der Waals surface area (Å²) in [4.78, 5) is 32.8. The molecule has 0 atom stereocenters. The molecule has 0 fully saturated rings. The first kappa shape index (κ1) is 11.9. The van der Waals surface area contributed by atoms with Gasteiger partial charge in [0.2, 0.25) is 5.91 Å². The van der Waals surface area contributed by atoms with Gasteiger partial charge in [0.25, 0.3) is 0 Å². The summed E-state index contributed by atoms with van der Waals surface area (Å²) in [5, 5.41) is 10.9. The van der Waals surface area contributed by atoms with Gasteiger partial charge in [-0.2, -0.15) is 0 Å². The Morgan fingerprint density at radius 3 is 2.83 bits per heavy atom. The van der Waals surface area contributed by atoms with Crippen molar-refractivity contribution in [3.05, 3.63) is 28.7 Å². The van der Waals surface area contributed by atoms with Crippen LogP contribution in [0, 0.1) is 0 Å². The number of aliphatic carboxylic acids is 1. The van der Waals surface area contributed by atoms with Crippen LogP contribution in [0.2, 0.25) is 0 Å². The van der Waals surface area contributed by atoms with E-state index in [4.69, 9.17) is 9.52 Å². The SMILES string of the molecule is Cn1c(=O)oc2cc(NC(=O)CC(=O)O)ccc21. The molecule has 1 aromatic heterocycles. The lowest BCUT2D eigenvalue weighted by molar-refractivity contribution is -0.139. The van der Waals surface area contributed by atoms with E-state index in [0.717, 1.165) is 0 Å². The first-order valence-electron chi connectivity index (χ1n) is 5.08. The van der Waals surface area contributed by atoms with E-state index in [2.05, 4.69) is 5.32 Å². The van der Waals surface area contributed by atoms with Crippen molar-refractivity contribution >= 4 is 28.7 Å². The maximum Gasteiger partial charge on any atom is 0.419 e. The predicted molar refractivity (Wildman–Crippen MR) is 62.3 cm³/mol. The van der Waals surface area contributed by atoms with Gasteiger partial charge in [0.15, 0.2) is 5.58 Å². The number of anilines is 1. The highest BCUT2D eigenvalue weighted by Crippen LogP contribution is 2.17. The highest BCUT2D eigenvalue weighted by Gasteiger charge is 2.10. The fourth-order valence-corrected chi connectivity index (χ4v) is 1.55. The van der Waals surface area contributed by atoms with Crippen LogP contribution in [0.25, 0.3) is 11.1 Å². The quantitative estimate of drug-likeness (QED) is 0.774. The first-order valence-corrected chi connectivity index (χ1v) is 5.08. The van der Waals surface area contributed by atoms with Crippen LogP contribution in [-0.2, 0) is 16.6 Å². The summed E-state index contributed by atoms with van der Waals surface area (Å²) in [7, 11) is 1.57. The number of nitrogens with one attached hydrogen (secondary N) is 1. The zero-order valence-corrected chi connectivity index (χ0v) is 9.47. The molecule has 0 aliphatic heterocycles. The van der Waals surface area contributed by atoms with Crippen molar-refractivity contribution in [3.63, 3.8) is 0 Å². The molecule has 2 aromatic rings. The molecule has 0 aliphatic carbocycles. The van der Waals surface area contributed by atoms with Gasteiger partial charge >= 0.3 is 11.7 Å². The van der Waals surface area contributed by atoms with Crippen molar-refractivity contribution in [1.29, 1.82) is 0 Å². The van der Waals surface area contributed by atoms with Gasteiger partial charge in [0.05, 0.1) is 5.52 Å². The number of aryl methyl sites for hydroxylation is 1. The van der Waals surface area contributed by atoms with Crippen LogP contribution in [0.3, 0.4) is 0 Å². The number of aromatic nitrogens is 1. The van der Waals surface area contributed by atoms with E-state index in [1.54, 1.807) is 19.2 Å². The zero-order valence-electron chi connectivity index (χ0n) is 9.47. The molecule has 94 valence electrons. The molecule has 1 aromatic carbocycles. The predicted octanol–water partition coefficient (Wildman–Crippen LogP) is 0.545. The summed E-state index contributed by atoms with van der Waals surface area (Å²) >= 11 is 0. The second-order valence-corrected chi connectivity index (χ2v) is 3.73. The Labute approximate surface area is 101 Å². The highest BCUT2D eigenvalue weighted by atomic mass is 16.4. The van der Waals surface area contributed by atoms with Crippen LogP contribution in [0.4, 0.5) is 5.69 Å². The van der Waals surface area contributed by atoms with Crippen LogP contribution in [0.15, 0.2) is 27.4 Å². The fourth-order valence-electron chi connectivity index (χ4n) is 1.55. The molecule has 0 bridgehead atoms. The third-order valence-corrected chi connectivity index (χ3v) is 2.39. The summed E-state index contributed by atoms with van der Waals surface area (Å²) in [6.45, 7) is 0. The Bertz CT molecular complexity index is 682. The Morgan fingerprint density at radius 1 is 1.44 bits per heavy atom. The molecule has 7 heteroatoms. The van der Waals surface area contributed by atoms with Gasteiger partial charge in [-0.3, -0.25) is 14.2 Å². The highest BCUT2D eigenvalue weighted by molar-refractivity contribution is 6.01. The van der Waals surface area contributed by atoms with E-state index < -0.39 is 24.1 Å². The molecule has 7 nitrogen and oxygen atoms in total. The number of nitrogens with zero attached hydrogens (tertiary/aromatic N) is 1. The minimum Gasteiger partial charge on any atom is -0.481 e. The van der Waals surface area contributed by atoms with E-state index in [1.165, 1.54) is 10.6 Å². The monoisotopic (exact) mass is 250 g/mol. The average molecular weight is 250 g/mol. The largest absolute Gasteiger partial charge is 0.481 e. The van der Waals surface area contributed by atoms with Gasteiger partial charge in [-0.1, -0.05) is 0 Å². The molecule has 0 unspecified atom stereocenters. The van der Waals surface area contributed by atoms with E-state index in [-0.39, 0.29) is 0 Å². The van der Waals surface area contributed by atoms with Crippen LogP contribution in [-0.4, -0.2) is 21.6 Å². The van der Waals surface area contributed by atoms with Crippen molar-refractivity contribution in [1.82, 2.24) is 4.57 Å². The Kier molecular flexibility index (Phi) is 2.88. The molecule has 1 heterocycles. The summed E-state index contributed by atoms with van der Waals surface area (Å²) in [5.74, 6) is -2.35. The van der Waals surface area contributed by atoms with Crippen LogP contribution in [0.5, 0.6) is 0 Å². The van der Waals surface area contributed by atoms with Gasteiger partial charge < -0.3 is 14.8 Å². The number of hydrogen-bond acceptors (Lipinski definition) is 4. The topological polar surface area (TPSA) is 102 Å². The van der Waals surface area contributed by atoms with Gasteiger partial charge in [-0.15, -0.1) is 0 Å². The number of rotatable bonds is 3. The van der Waals surface area contributed by atoms with E-state index in [1.807, 2.05) is 0 Å². The number of carbonyl (C=O) groups is 2. The molecular weight excluding hydrogens is 240 g/mol. The molecule has 2 rings (SSSR count). The van der Waals surface area contributed by atoms with Crippen LogP contribution in [0.1, 0.15) is 6.42 Å². The number of fused-ring (bicyclic) bond motifs is 1. The average Bonchev–Trinajstić information content (AvgIpc) is 2.53. The molecule has 0 spiro atoms. The van der Waals surface area contributed by atoms with Crippen molar-refractivity contribution in [2.24, 2.45) is 7.05 Å². The third-order valence-electron chi connectivity index (χ3n) is 2.39. The van der Waals surface area contributed by atoms with Gasteiger partial charge in [-0.25, -0.2) is 4.79 Å². The lowest BCUT2D eigenvalue weighted by Crippen LogP contribution is -2.15. The number of oxazole rings is 1. The second-order valence-electron chi connectivity index (χ2n) is 3.73. The van der Waals surface area contributed by atoms with E-state index >= 15 is 0 Å². The number of hydrogen-bond donors (Lipinski definition) is 2. The van der Waals surface area contributed by atoms with Crippen LogP contribution >= 0.6 is 0 Å². The molecule has 2 N–H and O–H groups in total. The summed E-state index contributed by atoms with van der Waals surface area (Å²) in [5.41, 5.74) is 1.30. The Hall–Kier alpha value is -2.57. The molecular formula is C11H10N2O5. The smallest absolute Gasteiger partial charge is 0.419 e. The van der Waals surface area contributed by atoms with Crippen molar-refractivity contribution in [2.75, 3.05) is 5.32 Å². The van der Waals surface area contributed by atoms with Gasteiger partial charge in [0, 0.05) is 18.8 Å². The standard InChI is InChI=1S/C11H10N2O5/c1-13-7-3-2-6(4-8(7)18-11(13)17)12-9(14)5-10(15)16/h2-4H,5H2,1H3,(H,12,14)(H,15,16). The van der Waals surface area contributed by atoms with E-state index in [0.29, 0.717) is 16.8 Å². The lowest BCUT2D eigenvalue weighted by atomic mass is 10.2. The number of benzene rings is 1. The number of carbonyl (C=O) groups excluding carboxylic acids is 1. The maximum absolute atomic E-state index is 11.2. The molecule has 18 heavy (non-hydrogen) atoms. The number of carboxylic acids is 1. The normalized spacial score (nSPS) is 10.5. The summed E-state index contributed by atoms with van der Waals surface area (Å²) in [6.07, 6.45) is -0.614. The first-order chi connectivity index (χ1) is 8.47. The molecule has 1 amide bonds. The molecule has 0 saturated carbocycles. The molecule has 0 radical (unpaired) electrons. The Balaban J connectivity index is 2.28. The molecule has 0 saturated heterocycles. The van der Waals surface area contributed by atoms with Crippen LogP contribution < -0.4 is 11.1 Å². The fraction of sp³-hybridized carbons (Fsp3) is 0.182. The van der Waals surface area contributed by atoms with Gasteiger partial charge in [0.1, 0.15) is 6.42 Å². The maximum atomic E-state index is 11.2. The summed E-state index contributed by atoms with van der Waals surface area (Å²) < 4.78 is 6.27. The Morgan fingerprint density at radius 2 is 2.17 bits per heavy atom. The summed E-state index contributed by atoms with van der Waals surface area (Å²) in [6, 6.07) is 4.64. The third kappa shape index (κ3) is 2.24. The second kappa shape index (κ2) is 4.36. The zero-order chi connectivity index (χ0) is 13.3. The number of amides is 1. The molecule has 0 aliphatic rings. The van der Waals surface area contributed by atoms with Gasteiger partial charge in [-0.05, 0) is 12.1 Å².